The minimum atomic E-state index is 0.203. The summed E-state index contributed by atoms with van der Waals surface area (Å²) in [5.41, 5.74) is 1.63. The number of para-hydroxylation sites is 1. The third kappa shape index (κ3) is 3.47. The Morgan fingerprint density at radius 1 is 1.00 bits per heavy atom. The molecule has 1 aromatic rings. The van der Waals surface area contributed by atoms with Gasteiger partial charge in [-0.2, -0.15) is 0 Å². The number of piperidine rings is 1. The SMILES string of the molecule is CC1(C)CC(Nc2ccccc2)CC(C)(C)N1. The van der Waals surface area contributed by atoms with Crippen molar-refractivity contribution < 1.29 is 0 Å². The summed E-state index contributed by atoms with van der Waals surface area (Å²) in [5, 5.41) is 7.36. The van der Waals surface area contributed by atoms with Crippen LogP contribution in [0, 0.1) is 0 Å². The van der Waals surface area contributed by atoms with Crippen molar-refractivity contribution in [2.75, 3.05) is 5.32 Å². The van der Waals surface area contributed by atoms with Crippen molar-refractivity contribution in [3.63, 3.8) is 0 Å². The second-order valence-corrected chi connectivity index (χ2v) is 6.51. The molecule has 1 heterocycles. The number of anilines is 1. The van der Waals surface area contributed by atoms with Crippen molar-refractivity contribution in [1.82, 2.24) is 5.32 Å². The molecule has 2 nitrogen and oxygen atoms in total. The zero-order valence-electron chi connectivity index (χ0n) is 11.4. The molecule has 2 rings (SSSR count). The predicted octanol–water partition coefficient (Wildman–Crippen LogP) is 3.41. The molecule has 0 radical (unpaired) electrons. The lowest BCUT2D eigenvalue weighted by Gasteiger charge is -2.47. The van der Waals surface area contributed by atoms with Crippen LogP contribution in [0.5, 0.6) is 0 Å². The van der Waals surface area contributed by atoms with E-state index in [9.17, 15) is 0 Å². The van der Waals surface area contributed by atoms with Crippen LogP contribution in [0.25, 0.3) is 0 Å². The lowest BCUT2D eigenvalue weighted by Crippen LogP contribution is -2.60. The number of rotatable bonds is 2. The fourth-order valence-electron chi connectivity index (χ4n) is 3.19. The summed E-state index contributed by atoms with van der Waals surface area (Å²) in [7, 11) is 0. The molecule has 94 valence electrons. The van der Waals surface area contributed by atoms with Gasteiger partial charge >= 0.3 is 0 Å². The van der Waals surface area contributed by atoms with Crippen LogP contribution in [-0.2, 0) is 0 Å². The van der Waals surface area contributed by atoms with Crippen LogP contribution < -0.4 is 10.6 Å². The van der Waals surface area contributed by atoms with Crippen LogP contribution in [0.4, 0.5) is 5.69 Å². The summed E-state index contributed by atoms with van der Waals surface area (Å²) in [6.07, 6.45) is 2.32. The number of benzene rings is 1. The topological polar surface area (TPSA) is 24.1 Å². The van der Waals surface area contributed by atoms with Crippen molar-refractivity contribution in [2.24, 2.45) is 0 Å². The molecule has 2 heteroatoms. The van der Waals surface area contributed by atoms with Crippen LogP contribution in [0.1, 0.15) is 40.5 Å². The maximum atomic E-state index is 3.71. The third-order valence-electron chi connectivity index (χ3n) is 3.33. The lowest BCUT2D eigenvalue weighted by molar-refractivity contribution is 0.170. The molecule has 0 unspecified atom stereocenters. The first-order chi connectivity index (χ1) is 7.86. The average Bonchev–Trinajstić information content (AvgIpc) is 2.13. The Balaban J connectivity index is 2.06. The summed E-state index contributed by atoms with van der Waals surface area (Å²) >= 11 is 0. The van der Waals surface area contributed by atoms with Gasteiger partial charge in [-0.1, -0.05) is 18.2 Å². The molecule has 0 aliphatic carbocycles. The Kier molecular flexibility index (Phi) is 3.17. The third-order valence-corrected chi connectivity index (χ3v) is 3.33. The van der Waals surface area contributed by atoms with Gasteiger partial charge in [-0.05, 0) is 52.7 Å². The van der Waals surface area contributed by atoms with Gasteiger partial charge in [0.05, 0.1) is 0 Å². The summed E-state index contributed by atoms with van der Waals surface area (Å²) in [4.78, 5) is 0. The van der Waals surface area contributed by atoms with Crippen molar-refractivity contribution in [2.45, 2.75) is 57.7 Å². The molecule has 1 aromatic carbocycles. The van der Waals surface area contributed by atoms with E-state index in [0.29, 0.717) is 6.04 Å². The van der Waals surface area contributed by atoms with E-state index in [1.165, 1.54) is 5.69 Å². The van der Waals surface area contributed by atoms with E-state index in [1.54, 1.807) is 0 Å². The highest BCUT2D eigenvalue weighted by Gasteiger charge is 2.37. The lowest BCUT2D eigenvalue weighted by atomic mass is 9.79. The van der Waals surface area contributed by atoms with Crippen LogP contribution >= 0.6 is 0 Å². The normalized spacial score (nSPS) is 23.3. The van der Waals surface area contributed by atoms with Gasteiger partial charge in [-0.25, -0.2) is 0 Å². The quantitative estimate of drug-likeness (QED) is 0.816. The van der Waals surface area contributed by atoms with E-state index >= 15 is 0 Å². The van der Waals surface area contributed by atoms with Gasteiger partial charge < -0.3 is 10.6 Å². The Morgan fingerprint density at radius 3 is 2.06 bits per heavy atom. The van der Waals surface area contributed by atoms with Crippen LogP contribution in [0.3, 0.4) is 0 Å². The minimum Gasteiger partial charge on any atom is -0.382 e. The van der Waals surface area contributed by atoms with Crippen molar-refractivity contribution in [3.05, 3.63) is 30.3 Å². The van der Waals surface area contributed by atoms with Gasteiger partial charge in [-0.3, -0.25) is 0 Å². The standard InChI is InChI=1S/C15H24N2/c1-14(2)10-13(11-15(3,4)17-14)16-12-8-6-5-7-9-12/h5-9,13,16-17H,10-11H2,1-4H3. The molecule has 0 spiro atoms. The van der Waals surface area contributed by atoms with Crippen molar-refractivity contribution in [3.8, 4) is 0 Å². The summed E-state index contributed by atoms with van der Waals surface area (Å²) < 4.78 is 0. The van der Waals surface area contributed by atoms with Crippen molar-refractivity contribution >= 4 is 5.69 Å². The zero-order valence-corrected chi connectivity index (χ0v) is 11.4. The molecular formula is C15H24N2. The molecule has 1 aliphatic heterocycles. The highest BCUT2D eigenvalue weighted by molar-refractivity contribution is 5.43. The van der Waals surface area contributed by atoms with E-state index in [-0.39, 0.29) is 11.1 Å². The molecule has 1 saturated heterocycles. The Hall–Kier alpha value is -1.02. The monoisotopic (exact) mass is 232 g/mol. The van der Waals surface area contributed by atoms with Crippen LogP contribution in [0.15, 0.2) is 30.3 Å². The molecule has 0 bridgehead atoms. The van der Waals surface area contributed by atoms with Gasteiger partial charge in [-0.15, -0.1) is 0 Å². The highest BCUT2D eigenvalue weighted by Crippen LogP contribution is 2.30. The zero-order chi connectivity index (χ0) is 12.5. The van der Waals surface area contributed by atoms with Crippen LogP contribution in [-0.4, -0.2) is 17.1 Å². The Morgan fingerprint density at radius 2 is 1.53 bits per heavy atom. The van der Waals surface area contributed by atoms with E-state index in [4.69, 9.17) is 0 Å². The fourth-order valence-corrected chi connectivity index (χ4v) is 3.19. The first-order valence-electron chi connectivity index (χ1n) is 6.47. The smallest absolute Gasteiger partial charge is 0.0342 e. The maximum absolute atomic E-state index is 3.71. The Labute approximate surface area is 105 Å². The molecule has 1 aliphatic rings. The van der Waals surface area contributed by atoms with E-state index in [2.05, 4.69) is 68.7 Å². The van der Waals surface area contributed by atoms with Gasteiger partial charge in [0, 0.05) is 22.8 Å². The summed E-state index contributed by atoms with van der Waals surface area (Å²) in [6, 6.07) is 11.0. The summed E-state index contributed by atoms with van der Waals surface area (Å²) in [6.45, 7) is 9.14. The number of nitrogens with one attached hydrogen (secondary N) is 2. The molecule has 0 saturated carbocycles. The number of hydrogen-bond donors (Lipinski definition) is 2. The van der Waals surface area contributed by atoms with Gasteiger partial charge in [0.15, 0.2) is 0 Å². The first-order valence-corrected chi connectivity index (χ1v) is 6.47. The average molecular weight is 232 g/mol. The van der Waals surface area contributed by atoms with Crippen LogP contribution in [0.2, 0.25) is 0 Å². The fraction of sp³-hybridized carbons (Fsp3) is 0.600. The molecular weight excluding hydrogens is 208 g/mol. The Bertz CT molecular complexity index is 352. The minimum absolute atomic E-state index is 0.203. The maximum Gasteiger partial charge on any atom is 0.0342 e. The molecule has 0 amide bonds. The van der Waals surface area contributed by atoms with Gasteiger partial charge in [0.25, 0.3) is 0 Å². The highest BCUT2D eigenvalue weighted by atomic mass is 15.1. The predicted molar refractivity (Wildman–Crippen MR) is 74.4 cm³/mol. The number of hydrogen-bond acceptors (Lipinski definition) is 2. The molecule has 17 heavy (non-hydrogen) atoms. The molecule has 2 N–H and O–H groups in total. The largest absolute Gasteiger partial charge is 0.382 e. The summed E-state index contributed by atoms with van der Waals surface area (Å²) in [5.74, 6) is 0. The van der Waals surface area contributed by atoms with E-state index in [1.807, 2.05) is 0 Å². The van der Waals surface area contributed by atoms with Gasteiger partial charge in [0.1, 0.15) is 0 Å². The molecule has 0 atom stereocenters. The van der Waals surface area contributed by atoms with E-state index < -0.39 is 0 Å². The molecule has 1 fully saturated rings. The second-order valence-electron chi connectivity index (χ2n) is 6.51. The second kappa shape index (κ2) is 4.34. The van der Waals surface area contributed by atoms with E-state index in [0.717, 1.165) is 12.8 Å². The van der Waals surface area contributed by atoms with Crippen molar-refractivity contribution in [1.29, 1.82) is 0 Å². The molecule has 0 aromatic heterocycles. The first kappa shape index (κ1) is 12.4. The van der Waals surface area contributed by atoms with Gasteiger partial charge in [0.2, 0.25) is 0 Å².